The molecule has 132 valence electrons. The maximum atomic E-state index is 12.0. The van der Waals surface area contributed by atoms with Gasteiger partial charge in [-0.25, -0.2) is 4.57 Å². The second-order valence-corrected chi connectivity index (χ2v) is 9.18. The molecule has 22 heavy (non-hydrogen) atoms. The Bertz CT molecular complexity index is 448. The lowest BCUT2D eigenvalue weighted by Gasteiger charge is -2.27. The molecule has 0 aromatic rings. The van der Waals surface area contributed by atoms with Crippen molar-refractivity contribution in [2.24, 2.45) is 11.8 Å². The highest BCUT2D eigenvalue weighted by molar-refractivity contribution is 7.51. The number of methoxy groups -OCH3 is 1. The van der Waals surface area contributed by atoms with Crippen molar-refractivity contribution in [1.82, 2.24) is 0 Å². The molecule has 0 spiro atoms. The average Bonchev–Trinajstić information content (AvgIpc) is 2.59. The Morgan fingerprint density at radius 2 is 1.77 bits per heavy atom. The fraction of sp³-hybridized carbons (Fsp3) is 1.00. The van der Waals surface area contributed by atoms with Gasteiger partial charge in [-0.05, 0) is 38.5 Å². The van der Waals surface area contributed by atoms with Gasteiger partial charge >= 0.3 is 15.4 Å². The third kappa shape index (κ3) is 6.38. The summed E-state index contributed by atoms with van der Waals surface area (Å²) >= 11 is 0. The molecule has 0 aromatic heterocycles. The van der Waals surface area contributed by atoms with Gasteiger partial charge in [-0.3, -0.25) is 13.6 Å². The number of hydrogen-bond donors (Lipinski definition) is 3. The van der Waals surface area contributed by atoms with Crippen molar-refractivity contribution in [2.45, 2.75) is 51.9 Å². The van der Waals surface area contributed by atoms with Crippen LogP contribution in [-0.2, 0) is 22.9 Å². The molecule has 0 radical (unpaired) electrons. The lowest BCUT2D eigenvalue weighted by molar-refractivity contribution is -0.0291. The van der Waals surface area contributed by atoms with Crippen LogP contribution in [0.1, 0.15) is 33.6 Å². The fourth-order valence-corrected chi connectivity index (χ4v) is 4.76. The Kier molecular flexibility index (Phi) is 7.24. The highest BCUT2D eigenvalue weighted by Crippen LogP contribution is 2.52. The monoisotopic (exact) mass is 360 g/mol. The summed E-state index contributed by atoms with van der Waals surface area (Å²) in [7, 11) is -6.90. The molecule has 0 aliphatic heterocycles. The number of phosphoric acid groups is 1. The zero-order valence-corrected chi connectivity index (χ0v) is 15.1. The minimum atomic E-state index is -4.25. The van der Waals surface area contributed by atoms with E-state index < -0.39 is 33.7 Å². The first-order valence-corrected chi connectivity index (χ1v) is 10.5. The minimum Gasteiger partial charge on any atom is -0.378 e. The normalized spacial score (nSPS) is 32.4. The second-order valence-electron chi connectivity index (χ2n) is 6.04. The van der Waals surface area contributed by atoms with Crippen LogP contribution < -0.4 is 0 Å². The number of ether oxygens (including phenoxy) is 1. The molecule has 0 heterocycles. The highest BCUT2D eigenvalue weighted by atomic mass is 31.2. The number of rotatable bonds is 8. The number of phosphoric ester groups is 1. The van der Waals surface area contributed by atoms with Crippen LogP contribution in [0.4, 0.5) is 0 Å². The van der Waals surface area contributed by atoms with E-state index in [9.17, 15) is 14.0 Å². The van der Waals surface area contributed by atoms with E-state index >= 15 is 0 Å². The van der Waals surface area contributed by atoms with Gasteiger partial charge < -0.3 is 19.4 Å². The minimum absolute atomic E-state index is 0.0517. The molecule has 1 rings (SSSR count). The highest BCUT2D eigenvalue weighted by Gasteiger charge is 2.46. The topological polar surface area (TPSA) is 123 Å². The molecule has 0 aromatic carbocycles. The van der Waals surface area contributed by atoms with Gasteiger partial charge in [-0.1, -0.05) is 6.92 Å². The SMILES string of the molecule is CO[C@@H]1[C@H](OP(=O)(O)OC(C)C)[C@@H](CCP(=O)(O)O)C[C@@H]1C. The lowest BCUT2D eigenvalue weighted by Crippen LogP contribution is -2.32. The lowest BCUT2D eigenvalue weighted by atomic mass is 10.0. The smallest absolute Gasteiger partial charge is 0.378 e. The molecular formula is C12H26O8P2. The molecule has 1 aliphatic rings. The van der Waals surface area contributed by atoms with Crippen LogP contribution in [0.5, 0.6) is 0 Å². The summed E-state index contributed by atoms with van der Waals surface area (Å²) in [6.07, 6.45) is -1.13. The second kappa shape index (κ2) is 7.86. The first kappa shape index (κ1) is 20.3. The fourth-order valence-electron chi connectivity index (χ4n) is 2.91. The van der Waals surface area contributed by atoms with Gasteiger partial charge in [0.25, 0.3) is 0 Å². The molecule has 0 saturated heterocycles. The predicted molar refractivity (Wildman–Crippen MR) is 80.5 cm³/mol. The van der Waals surface area contributed by atoms with E-state index in [0.29, 0.717) is 6.42 Å². The van der Waals surface area contributed by atoms with Crippen molar-refractivity contribution < 1.29 is 37.6 Å². The Morgan fingerprint density at radius 3 is 2.23 bits per heavy atom. The van der Waals surface area contributed by atoms with Crippen molar-refractivity contribution in [1.29, 1.82) is 0 Å². The van der Waals surface area contributed by atoms with Gasteiger partial charge in [0.15, 0.2) is 0 Å². The molecule has 1 aliphatic carbocycles. The van der Waals surface area contributed by atoms with E-state index in [2.05, 4.69) is 0 Å². The van der Waals surface area contributed by atoms with Gasteiger partial charge in [0, 0.05) is 7.11 Å². The van der Waals surface area contributed by atoms with Crippen LogP contribution in [0.25, 0.3) is 0 Å². The van der Waals surface area contributed by atoms with Crippen molar-refractivity contribution in [3.8, 4) is 0 Å². The zero-order chi connectivity index (χ0) is 17.1. The van der Waals surface area contributed by atoms with Crippen LogP contribution in [0.15, 0.2) is 0 Å². The molecule has 10 heteroatoms. The van der Waals surface area contributed by atoms with Gasteiger partial charge in [0.1, 0.15) is 0 Å². The summed E-state index contributed by atoms with van der Waals surface area (Å²) in [6, 6.07) is 0. The average molecular weight is 360 g/mol. The molecule has 0 bridgehead atoms. The van der Waals surface area contributed by atoms with Crippen LogP contribution in [-0.4, -0.2) is 46.3 Å². The largest absolute Gasteiger partial charge is 0.472 e. The van der Waals surface area contributed by atoms with E-state index in [1.165, 1.54) is 7.11 Å². The Morgan fingerprint density at radius 1 is 1.18 bits per heavy atom. The van der Waals surface area contributed by atoms with Gasteiger partial charge in [0.2, 0.25) is 0 Å². The van der Waals surface area contributed by atoms with Gasteiger partial charge in [0.05, 0.1) is 24.5 Å². The van der Waals surface area contributed by atoms with Crippen LogP contribution in [0.2, 0.25) is 0 Å². The predicted octanol–water partition coefficient (Wildman–Crippen LogP) is 2.14. The Labute approximate surface area is 130 Å². The molecular weight excluding hydrogens is 334 g/mol. The number of hydrogen-bond acceptors (Lipinski definition) is 5. The van der Waals surface area contributed by atoms with E-state index in [1.807, 2.05) is 6.92 Å². The molecule has 1 fully saturated rings. The van der Waals surface area contributed by atoms with Crippen molar-refractivity contribution in [3.63, 3.8) is 0 Å². The molecule has 1 saturated carbocycles. The van der Waals surface area contributed by atoms with Crippen LogP contribution >= 0.6 is 15.4 Å². The quantitative estimate of drug-likeness (QED) is 0.563. The van der Waals surface area contributed by atoms with Crippen LogP contribution in [0, 0.1) is 11.8 Å². The van der Waals surface area contributed by atoms with E-state index in [1.54, 1.807) is 13.8 Å². The van der Waals surface area contributed by atoms with Crippen molar-refractivity contribution in [2.75, 3.05) is 13.3 Å². The van der Waals surface area contributed by atoms with Gasteiger partial charge in [-0.15, -0.1) is 0 Å². The first-order valence-electron chi connectivity index (χ1n) is 7.22. The molecule has 3 N–H and O–H groups in total. The zero-order valence-electron chi connectivity index (χ0n) is 13.3. The Hall–Kier alpha value is 0.220. The summed E-state index contributed by atoms with van der Waals surface area (Å²) < 4.78 is 38.6. The van der Waals surface area contributed by atoms with Crippen molar-refractivity contribution >= 4 is 15.4 Å². The van der Waals surface area contributed by atoms with E-state index in [-0.39, 0.29) is 24.4 Å². The van der Waals surface area contributed by atoms with E-state index in [4.69, 9.17) is 23.6 Å². The third-order valence-corrected chi connectivity index (χ3v) is 5.72. The van der Waals surface area contributed by atoms with Gasteiger partial charge in [-0.2, -0.15) is 0 Å². The molecule has 5 atom stereocenters. The molecule has 8 nitrogen and oxygen atoms in total. The maximum absolute atomic E-state index is 12.0. The molecule has 0 amide bonds. The summed E-state index contributed by atoms with van der Waals surface area (Å²) in [5.41, 5.74) is 0. The maximum Gasteiger partial charge on any atom is 0.472 e. The van der Waals surface area contributed by atoms with E-state index in [0.717, 1.165) is 0 Å². The summed E-state index contributed by atoms with van der Waals surface area (Å²) in [6.45, 7) is 5.14. The summed E-state index contributed by atoms with van der Waals surface area (Å²) in [4.78, 5) is 27.8. The first-order chi connectivity index (χ1) is 9.95. The Balaban J connectivity index is 2.83. The standard InChI is InChI=1S/C12H26O8P2/c1-8(2)19-22(16,17)20-12-10(5-6-21(13,14)15)7-9(3)11(12)18-4/h8-12H,5-7H2,1-4H3,(H,16,17)(H2,13,14,15)/t9-,10-,11-,12+/m0/s1. The third-order valence-electron chi connectivity index (χ3n) is 3.69. The summed E-state index contributed by atoms with van der Waals surface area (Å²) in [5.74, 6) is -0.223. The van der Waals surface area contributed by atoms with Crippen LogP contribution in [0.3, 0.4) is 0 Å². The van der Waals surface area contributed by atoms with Crippen molar-refractivity contribution in [3.05, 3.63) is 0 Å². The summed E-state index contributed by atoms with van der Waals surface area (Å²) in [5, 5.41) is 0. The molecule has 1 unspecified atom stereocenters.